The molecule has 724 valence electrons. The lowest BCUT2D eigenvalue weighted by Gasteiger charge is -2.32. The number of aryl methyl sites for hydroxylation is 2. The number of benzene rings is 7. The lowest BCUT2D eigenvalue weighted by Crippen LogP contribution is -2.41. The molecule has 14 aromatic rings. The van der Waals surface area contributed by atoms with Crippen molar-refractivity contribution in [3.8, 4) is 78.9 Å². The summed E-state index contributed by atoms with van der Waals surface area (Å²) < 4.78 is 73.5. The smallest absolute Gasteiger partial charge is 0.399 e. The minimum Gasteiger partial charge on any atom is -0.399 e. The first-order chi connectivity index (χ1) is 66.5. The van der Waals surface area contributed by atoms with Crippen molar-refractivity contribution in [2.24, 2.45) is 0 Å². The summed E-state index contributed by atoms with van der Waals surface area (Å²) in [7, 11) is -1.87. The molecule has 0 saturated carbocycles. The molecular formula is C113H130B6BrN9O12. The Kier molecular flexibility index (Phi) is 32.3. The van der Waals surface area contributed by atoms with Crippen LogP contribution >= 0.6 is 15.9 Å². The van der Waals surface area contributed by atoms with Gasteiger partial charge in [0, 0.05) is 93.2 Å². The fraction of sp³-hybridized carbons (Fsp3) is 0.336. The van der Waals surface area contributed by atoms with Crippen LogP contribution < -0.4 is 32.8 Å². The van der Waals surface area contributed by atoms with E-state index in [1.54, 1.807) is 37.2 Å². The first kappa shape index (κ1) is 106. The number of rotatable bonds is 13. The van der Waals surface area contributed by atoms with Crippen molar-refractivity contribution in [3.05, 3.63) is 332 Å². The summed E-state index contributed by atoms with van der Waals surface area (Å²) in [5, 5.41) is 0. The Bertz CT molecular complexity index is 6120. The number of nitrogens with zero attached hydrogens (tertiary/aromatic N) is 9. The second-order valence-electron chi connectivity index (χ2n) is 41.9. The van der Waals surface area contributed by atoms with Crippen LogP contribution in [0, 0.1) is 13.8 Å². The molecule has 6 aliphatic heterocycles. The van der Waals surface area contributed by atoms with Gasteiger partial charge in [0.05, 0.1) is 78.6 Å². The first-order valence-electron chi connectivity index (χ1n) is 48.1. The van der Waals surface area contributed by atoms with E-state index in [2.05, 4.69) is 290 Å². The van der Waals surface area contributed by atoms with Gasteiger partial charge in [-0.3, -0.25) is 29.9 Å². The highest BCUT2D eigenvalue weighted by Crippen LogP contribution is 2.43. The Labute approximate surface area is 845 Å². The predicted octanol–water partition coefficient (Wildman–Crippen LogP) is 21.2. The van der Waals surface area contributed by atoms with Gasteiger partial charge in [-0.1, -0.05) is 216 Å². The number of pyridine rings is 6. The lowest BCUT2D eigenvalue weighted by molar-refractivity contribution is 0.00578. The second-order valence-corrected chi connectivity index (χ2v) is 42.8. The fourth-order valence-corrected chi connectivity index (χ4v) is 15.8. The molecular weight excluding hydrogens is 1820 g/mol. The van der Waals surface area contributed by atoms with Gasteiger partial charge in [-0.15, -0.1) is 0 Å². The van der Waals surface area contributed by atoms with Crippen LogP contribution in [0.3, 0.4) is 0 Å². The van der Waals surface area contributed by atoms with Gasteiger partial charge in [0.1, 0.15) is 0 Å². The SMILES string of the molecule is Brc1cccc(-c2nc(-c3ccccc3)nc(-c3ccccc3)n2)c1.CC1(C)OB(c2ccc(-c3ccccn3)cc2)OC1(C)C.CC1(C)OB(c2ccc(-c3cccnc3)cc2)OC1(C)C.CC1(C)OB(c2cccc(-c3ccccn3)c2)OC1(C)C.CC1(C)OB(c2cccc(-c3cccnc3)c2)OC1(C)C.Cc1cc(B2OC(C)(C)C(C)(C)O2)ccn1.Cc1ncccc1B1OC(C)(C)C(C)(C)O1. The highest BCUT2D eigenvalue weighted by molar-refractivity contribution is 9.10. The van der Waals surface area contributed by atoms with Crippen LogP contribution in [-0.4, -0.2) is 155 Å². The molecule has 0 spiro atoms. The number of hydrogen-bond acceptors (Lipinski definition) is 21. The van der Waals surface area contributed by atoms with Crippen molar-refractivity contribution in [3.63, 3.8) is 0 Å². The molecule has 21 nitrogen and oxygen atoms in total. The van der Waals surface area contributed by atoms with Gasteiger partial charge in [-0.2, -0.15) is 0 Å². The third-order valence-corrected chi connectivity index (χ3v) is 28.9. The zero-order valence-electron chi connectivity index (χ0n) is 86.3. The quantitative estimate of drug-likeness (QED) is 0.0977. The first-order valence-corrected chi connectivity index (χ1v) is 48.9. The van der Waals surface area contributed by atoms with Crippen molar-refractivity contribution in [2.45, 2.75) is 247 Å². The number of hydrogen-bond donors (Lipinski definition) is 0. The standard InChI is InChI=1S/C21H14BrN3.4C17H20BNO2.2C12H18BNO2/c22-18-13-7-12-17(14-18)21-24-19(15-8-3-1-4-9-15)23-20(25-21)16-10-5-2-6-11-16;1-16(2)17(3,4)21-18(20-16)15-9-5-7-13(11-15)14-8-6-10-19-12-14;1-16(2)17(3,4)21-18(20-16)15-9-7-13(8-10-15)14-6-5-11-19-12-14;1-16(2)17(3,4)21-18(20-16)14-9-7-8-13(12-14)15-10-5-6-11-19-15;1-16(2)17(3,4)21-18(20-16)14-10-8-13(9-11-14)15-7-5-6-12-19-15;1-9-8-10(6-7-14-9)13-15-11(2,3)12(4,5)16-13;1-9-10(7-6-8-14-9)13-15-11(2,3)12(4,5)16-13/h1-14H;4*5-12H,1-4H3;2*6-8H,1-5H3. The summed E-state index contributed by atoms with van der Waals surface area (Å²) in [5.74, 6) is 2.00. The summed E-state index contributed by atoms with van der Waals surface area (Å²) >= 11 is 3.52. The third-order valence-electron chi connectivity index (χ3n) is 28.4. The van der Waals surface area contributed by atoms with Crippen LogP contribution in [0.1, 0.15) is 178 Å². The van der Waals surface area contributed by atoms with Gasteiger partial charge < -0.3 is 55.9 Å². The average molecular weight is 1950 g/mol. The van der Waals surface area contributed by atoms with Gasteiger partial charge in [-0.05, 0) is 302 Å². The monoisotopic (exact) mass is 1950 g/mol. The summed E-state index contributed by atoms with van der Waals surface area (Å²) in [6.45, 7) is 53.4. The molecule has 13 heterocycles. The molecule has 0 atom stereocenters. The molecule has 6 saturated heterocycles. The van der Waals surface area contributed by atoms with E-state index in [0.717, 1.165) is 110 Å². The zero-order chi connectivity index (χ0) is 101. The highest BCUT2D eigenvalue weighted by Gasteiger charge is 2.57. The van der Waals surface area contributed by atoms with E-state index in [1.807, 2.05) is 220 Å². The van der Waals surface area contributed by atoms with E-state index >= 15 is 0 Å². The van der Waals surface area contributed by atoms with Crippen LogP contribution in [0.25, 0.3) is 78.9 Å². The lowest BCUT2D eigenvalue weighted by atomic mass is 9.78. The van der Waals surface area contributed by atoms with E-state index in [-0.39, 0.29) is 110 Å². The molecule has 7 aromatic heterocycles. The molecule has 141 heavy (non-hydrogen) atoms. The molecule has 6 aliphatic rings. The zero-order valence-corrected chi connectivity index (χ0v) is 87.9. The van der Waals surface area contributed by atoms with Crippen LogP contribution in [0.4, 0.5) is 0 Å². The topological polar surface area (TPSA) is 227 Å². The van der Waals surface area contributed by atoms with Gasteiger partial charge in [0.15, 0.2) is 17.5 Å². The van der Waals surface area contributed by atoms with Crippen LogP contribution in [0.2, 0.25) is 0 Å². The highest BCUT2D eigenvalue weighted by atomic mass is 79.9. The second kappa shape index (κ2) is 43.2. The van der Waals surface area contributed by atoms with Gasteiger partial charge >= 0.3 is 42.7 Å². The summed E-state index contributed by atoms with van der Waals surface area (Å²) in [6, 6.07) is 88.5. The molecule has 20 rings (SSSR count). The minimum atomic E-state index is -0.335. The fourth-order valence-electron chi connectivity index (χ4n) is 15.4. The van der Waals surface area contributed by atoms with Crippen molar-refractivity contribution in [1.82, 2.24) is 44.9 Å². The van der Waals surface area contributed by atoms with Gasteiger partial charge in [0.25, 0.3) is 0 Å². The molecule has 0 unspecified atom stereocenters. The van der Waals surface area contributed by atoms with Crippen LogP contribution in [-0.2, 0) is 55.9 Å². The third kappa shape index (κ3) is 25.4. The van der Waals surface area contributed by atoms with Crippen LogP contribution in [0.5, 0.6) is 0 Å². The van der Waals surface area contributed by atoms with Crippen molar-refractivity contribution < 1.29 is 55.9 Å². The van der Waals surface area contributed by atoms with Crippen molar-refractivity contribution >= 4 is 91.4 Å². The molecule has 0 radical (unpaired) electrons. The average Bonchev–Trinajstić information content (AvgIpc) is 1.12. The normalized spacial score (nSPS) is 18.7. The Hall–Kier alpha value is -11.2. The van der Waals surface area contributed by atoms with E-state index in [9.17, 15) is 0 Å². The van der Waals surface area contributed by atoms with E-state index < -0.39 is 0 Å². The maximum atomic E-state index is 6.10. The molecule has 0 aliphatic carbocycles. The molecule has 28 heteroatoms. The molecule has 6 fully saturated rings. The van der Waals surface area contributed by atoms with Crippen molar-refractivity contribution in [2.75, 3.05) is 0 Å². The molecule has 0 bridgehead atoms. The molecule has 7 aromatic carbocycles. The Balaban J connectivity index is 0.000000131. The predicted molar refractivity (Wildman–Crippen MR) is 575 cm³/mol. The van der Waals surface area contributed by atoms with E-state index in [4.69, 9.17) is 65.8 Å². The van der Waals surface area contributed by atoms with Crippen molar-refractivity contribution in [1.29, 1.82) is 0 Å². The minimum absolute atomic E-state index is 0.283. The molecule has 0 amide bonds. The van der Waals surface area contributed by atoms with E-state index in [0.29, 0.717) is 17.5 Å². The Morgan fingerprint density at radius 1 is 0.213 bits per heavy atom. The maximum absolute atomic E-state index is 6.10. The molecule has 0 N–H and O–H groups in total. The van der Waals surface area contributed by atoms with E-state index in [1.165, 1.54) is 0 Å². The largest absolute Gasteiger partial charge is 0.496 e. The number of aromatic nitrogens is 9. The summed E-state index contributed by atoms with van der Waals surface area (Å²) in [5.41, 5.74) is 15.9. The van der Waals surface area contributed by atoms with Crippen LogP contribution in [0.15, 0.2) is 321 Å². The Morgan fingerprint density at radius 3 is 0.901 bits per heavy atom. The summed E-state index contributed by atoms with van der Waals surface area (Å²) in [4.78, 5) is 39.6. The Morgan fingerprint density at radius 2 is 0.525 bits per heavy atom. The van der Waals surface area contributed by atoms with Gasteiger partial charge in [0.2, 0.25) is 0 Å². The maximum Gasteiger partial charge on any atom is 0.496 e. The number of halogens is 1. The van der Waals surface area contributed by atoms with Gasteiger partial charge in [-0.25, -0.2) is 15.0 Å². The summed E-state index contributed by atoms with van der Waals surface area (Å²) in [6.07, 6.45) is 14.5.